The Bertz CT molecular complexity index is 2100. The molecule has 56 heavy (non-hydrogen) atoms. The average Bonchev–Trinajstić information content (AvgIpc) is 4.06. The maximum absolute atomic E-state index is 13.6. The molecular formula is C40H48N8O8. The summed E-state index contributed by atoms with van der Waals surface area (Å²) in [6.45, 7) is 4.51. The Morgan fingerprint density at radius 1 is 0.750 bits per heavy atom. The molecule has 4 heterocycles. The van der Waals surface area contributed by atoms with Crippen LogP contribution in [-0.4, -0.2) is 120 Å². The van der Waals surface area contributed by atoms with Gasteiger partial charge in [0, 0.05) is 50.2 Å². The fraction of sp³-hybridized carbons (Fsp3) is 0.450. The monoisotopic (exact) mass is 768 g/mol. The van der Waals surface area contributed by atoms with E-state index >= 15 is 0 Å². The van der Waals surface area contributed by atoms with E-state index in [1.54, 1.807) is 23.6 Å². The third-order valence-corrected chi connectivity index (χ3v) is 10.5. The minimum atomic E-state index is -0.909. The van der Waals surface area contributed by atoms with Gasteiger partial charge in [-0.3, -0.25) is 9.59 Å². The van der Waals surface area contributed by atoms with Gasteiger partial charge in [-0.2, -0.15) is 0 Å². The summed E-state index contributed by atoms with van der Waals surface area (Å²) in [5.41, 5.74) is 4.79. The van der Waals surface area contributed by atoms with Crippen LogP contribution in [0.25, 0.3) is 22.3 Å². The smallest absolute Gasteiger partial charge is 0.407 e. The molecule has 2 aromatic carbocycles. The Balaban J connectivity index is 1.12. The second-order valence-corrected chi connectivity index (χ2v) is 13.8. The summed E-state index contributed by atoms with van der Waals surface area (Å²) in [6.07, 6.45) is 2.34. The predicted octanol–water partition coefficient (Wildman–Crippen LogP) is 4.20. The molecule has 0 bridgehead atoms. The van der Waals surface area contributed by atoms with E-state index in [-0.39, 0.29) is 23.9 Å². The van der Waals surface area contributed by atoms with Gasteiger partial charge in [0.1, 0.15) is 23.7 Å². The molecule has 4 aromatic rings. The molecule has 16 nitrogen and oxygen atoms in total. The van der Waals surface area contributed by atoms with Crippen molar-refractivity contribution < 1.29 is 38.1 Å². The molecule has 2 fully saturated rings. The molecule has 16 heteroatoms. The maximum Gasteiger partial charge on any atom is 0.407 e. The number of nitrogens with zero attached hydrogens (tertiary/aromatic N) is 4. The van der Waals surface area contributed by atoms with Gasteiger partial charge >= 0.3 is 12.2 Å². The van der Waals surface area contributed by atoms with Gasteiger partial charge in [-0.05, 0) is 69.9 Å². The number of alkyl carbamates (subject to hydrolysis) is 2. The van der Waals surface area contributed by atoms with Gasteiger partial charge < -0.3 is 49.3 Å². The van der Waals surface area contributed by atoms with Crippen molar-refractivity contribution >= 4 is 35.0 Å². The zero-order valence-electron chi connectivity index (χ0n) is 32.4. The van der Waals surface area contributed by atoms with Crippen LogP contribution in [0, 0.1) is 11.8 Å². The van der Waals surface area contributed by atoms with Crippen LogP contribution in [0.4, 0.5) is 9.59 Å². The second kappa shape index (κ2) is 17.7. The Morgan fingerprint density at radius 2 is 1.29 bits per heavy atom. The Hall–Kier alpha value is -5.92. The van der Waals surface area contributed by atoms with E-state index in [1.165, 1.54) is 28.4 Å². The van der Waals surface area contributed by atoms with Crippen LogP contribution in [0.15, 0.2) is 48.7 Å². The maximum atomic E-state index is 13.6. The molecule has 2 saturated heterocycles. The number of hydrogen-bond donors (Lipinski definition) is 4. The molecular weight excluding hydrogens is 720 g/mol. The Kier molecular flexibility index (Phi) is 12.6. The van der Waals surface area contributed by atoms with Crippen LogP contribution in [0.2, 0.25) is 0 Å². The zero-order valence-corrected chi connectivity index (χ0v) is 32.4. The standard InChI is InChI=1S/C40H48N8O8/c1-23(53-3)33(45-39(51)55-5)37(49)47-19-7-9-31(47)35-41-22-30(44-35)27-16-13-25(14-17-27)11-12-26-15-18-28-29(21-26)43-36(42-28)32-10-8-20-48(32)38(50)34(24(2)54-4)46-40(52)56-6/h13-18,21-24,31-34H,7-10,19-20H2,1-6H3,(H,41,44)(H,42,43)(H,45,51)(H,46,52)/t23-,24-,31+,32+,33+,34+/m1/s1. The van der Waals surface area contributed by atoms with Crippen molar-refractivity contribution in [1.29, 1.82) is 0 Å². The SMILES string of the molecule is COC(=O)N[C@H](C(=O)N1CCC[C@H]1c1nc(-c2ccc(C#Cc3ccc4[nH]c([C@@H]5CCCN5C(=O)[C@@H](NC(=O)OC)[C@@H](C)OC)nc4c3)cc2)c[nH]1)[C@@H](C)OC. The third-order valence-electron chi connectivity index (χ3n) is 10.5. The first-order chi connectivity index (χ1) is 27.0. The molecule has 0 aliphatic carbocycles. The number of aromatic nitrogens is 4. The number of carbonyl (C=O) groups excluding carboxylic acids is 4. The molecule has 2 aliphatic rings. The number of benzene rings is 2. The van der Waals surface area contributed by atoms with Crippen molar-refractivity contribution in [3.8, 4) is 23.1 Å². The number of fused-ring (bicyclic) bond motifs is 1. The Morgan fingerprint density at radius 3 is 1.84 bits per heavy atom. The Labute approximate surface area is 325 Å². The summed E-state index contributed by atoms with van der Waals surface area (Å²) >= 11 is 0. The summed E-state index contributed by atoms with van der Waals surface area (Å²) in [6, 6.07) is 11.2. The molecule has 0 saturated carbocycles. The van der Waals surface area contributed by atoms with Crippen molar-refractivity contribution in [1.82, 2.24) is 40.4 Å². The lowest BCUT2D eigenvalue weighted by molar-refractivity contribution is -0.138. The van der Waals surface area contributed by atoms with Crippen molar-refractivity contribution in [2.24, 2.45) is 0 Å². The van der Waals surface area contributed by atoms with Crippen molar-refractivity contribution in [3.63, 3.8) is 0 Å². The number of aromatic amines is 2. The molecule has 6 rings (SSSR count). The van der Waals surface area contributed by atoms with Crippen LogP contribution in [0.1, 0.15) is 74.4 Å². The van der Waals surface area contributed by atoms with Gasteiger partial charge in [-0.15, -0.1) is 0 Å². The number of imidazole rings is 2. The van der Waals surface area contributed by atoms with E-state index in [0.29, 0.717) is 24.7 Å². The van der Waals surface area contributed by atoms with Gasteiger partial charge in [0.05, 0.1) is 55.2 Å². The molecule has 2 aliphatic heterocycles. The molecule has 6 atom stereocenters. The molecule has 296 valence electrons. The number of methoxy groups -OCH3 is 4. The van der Waals surface area contributed by atoms with E-state index in [2.05, 4.69) is 32.4 Å². The van der Waals surface area contributed by atoms with Crippen molar-refractivity contribution in [2.75, 3.05) is 41.5 Å². The highest BCUT2D eigenvalue weighted by atomic mass is 16.5. The fourth-order valence-corrected chi connectivity index (χ4v) is 7.18. The normalized spacial score (nSPS) is 18.8. The predicted molar refractivity (Wildman–Crippen MR) is 205 cm³/mol. The lowest BCUT2D eigenvalue weighted by atomic mass is 10.1. The number of hydrogen-bond acceptors (Lipinski definition) is 10. The number of amides is 4. The van der Waals surface area contributed by atoms with E-state index in [9.17, 15) is 19.2 Å². The van der Waals surface area contributed by atoms with E-state index in [4.69, 9.17) is 28.9 Å². The van der Waals surface area contributed by atoms with Crippen molar-refractivity contribution in [3.05, 3.63) is 71.4 Å². The van der Waals surface area contributed by atoms with Crippen LogP contribution in [-0.2, 0) is 28.5 Å². The van der Waals surface area contributed by atoms with Gasteiger partial charge in [-0.1, -0.05) is 24.0 Å². The summed E-state index contributed by atoms with van der Waals surface area (Å²) in [5, 5.41) is 5.22. The van der Waals surface area contributed by atoms with Crippen LogP contribution < -0.4 is 10.6 Å². The molecule has 0 radical (unpaired) electrons. The lowest BCUT2D eigenvalue weighted by Gasteiger charge is -2.30. The second-order valence-electron chi connectivity index (χ2n) is 13.8. The van der Waals surface area contributed by atoms with Gasteiger partial charge in [0.25, 0.3) is 0 Å². The number of ether oxygens (including phenoxy) is 4. The van der Waals surface area contributed by atoms with Gasteiger partial charge in [0.15, 0.2) is 0 Å². The summed E-state index contributed by atoms with van der Waals surface area (Å²) in [7, 11) is 5.48. The first kappa shape index (κ1) is 39.8. The van der Waals surface area contributed by atoms with Gasteiger partial charge in [0.2, 0.25) is 11.8 Å². The number of rotatable bonds is 11. The summed E-state index contributed by atoms with van der Waals surface area (Å²) in [5.74, 6) is 7.28. The van der Waals surface area contributed by atoms with E-state index in [0.717, 1.165) is 59.1 Å². The topological polar surface area (TPSA) is 193 Å². The average molecular weight is 769 g/mol. The van der Waals surface area contributed by atoms with E-state index in [1.807, 2.05) is 48.7 Å². The highest BCUT2D eigenvalue weighted by Crippen LogP contribution is 2.34. The quantitative estimate of drug-likeness (QED) is 0.161. The molecule has 4 N–H and O–H groups in total. The van der Waals surface area contributed by atoms with Crippen LogP contribution >= 0.6 is 0 Å². The fourth-order valence-electron chi connectivity index (χ4n) is 7.18. The minimum absolute atomic E-state index is 0.259. The molecule has 2 aromatic heterocycles. The minimum Gasteiger partial charge on any atom is -0.453 e. The first-order valence-corrected chi connectivity index (χ1v) is 18.6. The number of nitrogens with one attached hydrogen (secondary N) is 4. The number of carbonyl (C=O) groups is 4. The number of likely N-dealkylation sites (tertiary alicyclic amines) is 2. The van der Waals surface area contributed by atoms with Crippen molar-refractivity contribution in [2.45, 2.75) is 75.9 Å². The number of H-pyrrole nitrogens is 2. The van der Waals surface area contributed by atoms with E-state index < -0.39 is 36.5 Å². The summed E-state index contributed by atoms with van der Waals surface area (Å²) < 4.78 is 20.2. The highest BCUT2D eigenvalue weighted by Gasteiger charge is 2.40. The zero-order chi connectivity index (χ0) is 39.9. The van der Waals surface area contributed by atoms with Gasteiger partial charge in [-0.25, -0.2) is 19.6 Å². The largest absolute Gasteiger partial charge is 0.453 e. The summed E-state index contributed by atoms with van der Waals surface area (Å²) in [4.78, 5) is 71.0. The molecule has 4 amide bonds. The van der Waals surface area contributed by atoms with Crippen LogP contribution in [0.5, 0.6) is 0 Å². The van der Waals surface area contributed by atoms with Crippen LogP contribution in [0.3, 0.4) is 0 Å². The first-order valence-electron chi connectivity index (χ1n) is 18.6. The highest BCUT2D eigenvalue weighted by molar-refractivity contribution is 5.88. The lowest BCUT2D eigenvalue weighted by Crippen LogP contribution is -2.54. The molecule has 0 unspecified atom stereocenters. The molecule has 0 spiro atoms. The third kappa shape index (κ3) is 8.64.